The van der Waals surface area contributed by atoms with E-state index in [0.29, 0.717) is 17.2 Å². The predicted octanol–water partition coefficient (Wildman–Crippen LogP) is 3.79. The first kappa shape index (κ1) is 16.3. The van der Waals surface area contributed by atoms with E-state index in [-0.39, 0.29) is 11.9 Å². The maximum atomic E-state index is 12.5. The molecule has 0 saturated heterocycles. The van der Waals surface area contributed by atoms with Gasteiger partial charge in [0, 0.05) is 21.7 Å². The van der Waals surface area contributed by atoms with E-state index >= 15 is 0 Å². The zero-order valence-electron chi connectivity index (χ0n) is 12.1. The van der Waals surface area contributed by atoms with Crippen LogP contribution in [0.2, 0.25) is 0 Å². The molecule has 2 aromatic rings. The second-order valence-corrected chi connectivity index (χ2v) is 6.78. The van der Waals surface area contributed by atoms with Crippen LogP contribution in [0.5, 0.6) is 0 Å². The Morgan fingerprint density at radius 3 is 2.90 bits per heavy atom. The SMILES string of the molecule is CCCC(COC)NC(=O)c1sc2cccc(Br)c2c1N. The van der Waals surface area contributed by atoms with Crippen molar-refractivity contribution in [2.45, 2.75) is 25.8 Å². The summed E-state index contributed by atoms with van der Waals surface area (Å²) >= 11 is 4.90. The number of amides is 1. The van der Waals surface area contributed by atoms with Crippen molar-refractivity contribution >= 4 is 48.9 Å². The molecule has 0 spiro atoms. The second-order valence-electron chi connectivity index (χ2n) is 4.87. The lowest BCUT2D eigenvalue weighted by Gasteiger charge is -2.16. The van der Waals surface area contributed by atoms with Gasteiger partial charge in [0.25, 0.3) is 5.91 Å². The van der Waals surface area contributed by atoms with Crippen LogP contribution in [0, 0.1) is 0 Å². The van der Waals surface area contributed by atoms with Gasteiger partial charge in [0.15, 0.2) is 0 Å². The van der Waals surface area contributed by atoms with Gasteiger partial charge in [-0.1, -0.05) is 35.3 Å². The zero-order chi connectivity index (χ0) is 15.4. The van der Waals surface area contributed by atoms with Crippen molar-refractivity contribution in [2.75, 3.05) is 19.5 Å². The summed E-state index contributed by atoms with van der Waals surface area (Å²) in [6.07, 6.45) is 1.87. The van der Waals surface area contributed by atoms with Crippen LogP contribution in [0.1, 0.15) is 29.4 Å². The fourth-order valence-electron chi connectivity index (χ4n) is 2.30. The van der Waals surface area contributed by atoms with Crippen LogP contribution in [-0.2, 0) is 4.74 Å². The van der Waals surface area contributed by atoms with E-state index in [2.05, 4.69) is 28.2 Å². The first-order valence-corrected chi connectivity index (χ1v) is 8.45. The number of hydrogen-bond donors (Lipinski definition) is 2. The molecule has 0 radical (unpaired) electrons. The van der Waals surface area contributed by atoms with Crippen molar-refractivity contribution in [3.63, 3.8) is 0 Å². The normalized spacial score (nSPS) is 12.5. The number of ether oxygens (including phenoxy) is 1. The van der Waals surface area contributed by atoms with Crippen LogP contribution in [0.25, 0.3) is 10.1 Å². The number of fused-ring (bicyclic) bond motifs is 1. The Balaban J connectivity index is 2.27. The molecule has 1 aromatic carbocycles. The molecule has 0 bridgehead atoms. The first-order valence-electron chi connectivity index (χ1n) is 6.84. The summed E-state index contributed by atoms with van der Waals surface area (Å²) < 4.78 is 7.07. The van der Waals surface area contributed by atoms with Crippen LogP contribution >= 0.6 is 27.3 Å². The van der Waals surface area contributed by atoms with Gasteiger partial charge in [0.05, 0.1) is 18.3 Å². The highest BCUT2D eigenvalue weighted by Crippen LogP contribution is 2.38. The fourth-order valence-corrected chi connectivity index (χ4v) is 4.06. The van der Waals surface area contributed by atoms with E-state index < -0.39 is 0 Å². The second kappa shape index (κ2) is 7.24. The largest absolute Gasteiger partial charge is 0.397 e. The Morgan fingerprint density at radius 1 is 1.52 bits per heavy atom. The number of thiophene rings is 1. The molecule has 6 heteroatoms. The van der Waals surface area contributed by atoms with E-state index in [0.717, 1.165) is 27.4 Å². The number of carbonyl (C=O) groups is 1. The monoisotopic (exact) mass is 370 g/mol. The number of methoxy groups -OCH3 is 1. The predicted molar refractivity (Wildman–Crippen MR) is 92.0 cm³/mol. The molecule has 3 N–H and O–H groups in total. The molecule has 2 rings (SSSR count). The standard InChI is InChI=1S/C15H19BrN2O2S/c1-3-5-9(8-20-2)18-15(19)14-13(17)12-10(16)6-4-7-11(12)21-14/h4,6-7,9H,3,5,8,17H2,1-2H3,(H,18,19). The minimum Gasteiger partial charge on any atom is -0.397 e. The molecule has 1 aromatic heterocycles. The van der Waals surface area contributed by atoms with Crippen LogP contribution in [0.3, 0.4) is 0 Å². The van der Waals surface area contributed by atoms with Crippen molar-refractivity contribution in [3.05, 3.63) is 27.5 Å². The summed E-state index contributed by atoms with van der Waals surface area (Å²) in [5, 5.41) is 3.92. The number of nitrogens with two attached hydrogens (primary N) is 1. The van der Waals surface area contributed by atoms with Crippen molar-refractivity contribution in [2.24, 2.45) is 0 Å². The quantitative estimate of drug-likeness (QED) is 0.812. The number of nitrogen functional groups attached to an aromatic ring is 1. The maximum absolute atomic E-state index is 12.5. The summed E-state index contributed by atoms with van der Waals surface area (Å²) in [4.78, 5) is 13.0. The Bertz CT molecular complexity index is 636. The lowest BCUT2D eigenvalue weighted by Crippen LogP contribution is -2.37. The zero-order valence-corrected chi connectivity index (χ0v) is 14.5. The van der Waals surface area contributed by atoms with E-state index in [9.17, 15) is 4.79 Å². The van der Waals surface area contributed by atoms with Crippen LogP contribution in [0.15, 0.2) is 22.7 Å². The van der Waals surface area contributed by atoms with Gasteiger partial charge >= 0.3 is 0 Å². The Labute approximate surface area is 136 Å². The van der Waals surface area contributed by atoms with Gasteiger partial charge in [-0.25, -0.2) is 0 Å². The summed E-state index contributed by atoms with van der Waals surface area (Å²) in [5.74, 6) is -0.129. The van der Waals surface area contributed by atoms with E-state index in [1.54, 1.807) is 7.11 Å². The van der Waals surface area contributed by atoms with Crippen molar-refractivity contribution in [3.8, 4) is 0 Å². The lowest BCUT2D eigenvalue weighted by atomic mass is 10.1. The highest BCUT2D eigenvalue weighted by molar-refractivity contribution is 9.10. The number of carbonyl (C=O) groups excluding carboxylic acids is 1. The van der Waals surface area contributed by atoms with Gasteiger partial charge in [-0.3, -0.25) is 4.79 Å². The first-order chi connectivity index (χ1) is 10.1. The molecule has 1 amide bonds. The molecule has 0 aliphatic rings. The molecule has 114 valence electrons. The van der Waals surface area contributed by atoms with Crippen molar-refractivity contribution in [1.29, 1.82) is 0 Å². The summed E-state index contributed by atoms with van der Waals surface area (Å²) in [6.45, 7) is 2.59. The number of hydrogen-bond acceptors (Lipinski definition) is 4. The highest BCUT2D eigenvalue weighted by Gasteiger charge is 2.20. The van der Waals surface area contributed by atoms with Crippen molar-refractivity contribution < 1.29 is 9.53 Å². The third-order valence-electron chi connectivity index (χ3n) is 3.25. The molecule has 0 aliphatic heterocycles. The van der Waals surface area contributed by atoms with Gasteiger partial charge in [0.2, 0.25) is 0 Å². The van der Waals surface area contributed by atoms with Crippen LogP contribution < -0.4 is 11.1 Å². The molecular formula is C15H19BrN2O2S. The van der Waals surface area contributed by atoms with Crippen molar-refractivity contribution in [1.82, 2.24) is 5.32 Å². The Morgan fingerprint density at radius 2 is 2.29 bits per heavy atom. The summed E-state index contributed by atoms with van der Waals surface area (Å²) in [7, 11) is 1.64. The third kappa shape index (κ3) is 3.56. The molecule has 0 fully saturated rings. The summed E-state index contributed by atoms with van der Waals surface area (Å²) in [5.41, 5.74) is 6.69. The number of halogens is 1. The topological polar surface area (TPSA) is 64.3 Å². The Hall–Kier alpha value is -1.11. The average molecular weight is 371 g/mol. The molecule has 0 saturated carbocycles. The molecular weight excluding hydrogens is 352 g/mol. The smallest absolute Gasteiger partial charge is 0.263 e. The average Bonchev–Trinajstić information content (AvgIpc) is 2.78. The van der Waals surface area contributed by atoms with Gasteiger partial charge in [0.1, 0.15) is 4.88 Å². The van der Waals surface area contributed by atoms with Gasteiger partial charge in [-0.2, -0.15) is 0 Å². The van der Waals surface area contributed by atoms with Gasteiger partial charge in [-0.15, -0.1) is 11.3 Å². The van der Waals surface area contributed by atoms with E-state index in [1.165, 1.54) is 11.3 Å². The number of benzene rings is 1. The number of rotatable bonds is 6. The fraction of sp³-hybridized carbons (Fsp3) is 0.400. The molecule has 4 nitrogen and oxygen atoms in total. The van der Waals surface area contributed by atoms with Crippen LogP contribution in [0.4, 0.5) is 5.69 Å². The molecule has 1 heterocycles. The third-order valence-corrected chi connectivity index (χ3v) is 5.08. The lowest BCUT2D eigenvalue weighted by molar-refractivity contribution is 0.0896. The molecule has 0 aliphatic carbocycles. The highest BCUT2D eigenvalue weighted by atomic mass is 79.9. The van der Waals surface area contributed by atoms with Gasteiger partial charge < -0.3 is 15.8 Å². The number of anilines is 1. The van der Waals surface area contributed by atoms with Gasteiger partial charge in [-0.05, 0) is 18.6 Å². The molecule has 21 heavy (non-hydrogen) atoms. The maximum Gasteiger partial charge on any atom is 0.263 e. The molecule has 1 atom stereocenters. The van der Waals surface area contributed by atoms with E-state index in [4.69, 9.17) is 10.5 Å². The minimum atomic E-state index is -0.129. The minimum absolute atomic E-state index is 0.0144. The number of nitrogens with one attached hydrogen (secondary N) is 1. The summed E-state index contributed by atoms with van der Waals surface area (Å²) in [6, 6.07) is 5.85. The van der Waals surface area contributed by atoms with E-state index in [1.807, 2.05) is 18.2 Å². The Kier molecular flexibility index (Phi) is 5.61. The van der Waals surface area contributed by atoms with Crippen LogP contribution in [-0.4, -0.2) is 25.7 Å². The molecule has 1 unspecified atom stereocenters.